The highest BCUT2D eigenvalue weighted by Crippen LogP contribution is 2.31. The zero-order valence-electron chi connectivity index (χ0n) is 15.1. The van der Waals surface area contributed by atoms with Crippen LogP contribution in [0, 0.1) is 17.2 Å². The summed E-state index contributed by atoms with van der Waals surface area (Å²) in [6.45, 7) is 8.70. The molecule has 1 saturated carbocycles. The Morgan fingerprint density at radius 2 is 2.08 bits per heavy atom. The molecule has 0 spiro atoms. The van der Waals surface area contributed by atoms with E-state index in [0.717, 1.165) is 37.0 Å². The largest absolute Gasteiger partial charge is 0.591 e. The van der Waals surface area contributed by atoms with E-state index in [4.69, 9.17) is 4.74 Å². The van der Waals surface area contributed by atoms with Gasteiger partial charge in [-0.1, -0.05) is 38.5 Å². The van der Waals surface area contributed by atoms with E-state index in [0.29, 0.717) is 18.3 Å². The second-order valence-corrected chi connectivity index (χ2v) is 8.70. The van der Waals surface area contributed by atoms with E-state index < -0.39 is 11.4 Å². The summed E-state index contributed by atoms with van der Waals surface area (Å²) < 4.78 is 36.3. The predicted molar refractivity (Wildman–Crippen MR) is 98.5 cm³/mol. The highest BCUT2D eigenvalue weighted by atomic mass is 32.2. The SMILES string of the molecule is CCCC[S@+]([O-])/N=C(/c1ccc(F)c(OCC2CC2)c1)C(C)(C)C. The van der Waals surface area contributed by atoms with Gasteiger partial charge in [-0.15, -0.1) is 0 Å². The fourth-order valence-electron chi connectivity index (χ4n) is 2.29. The fraction of sp³-hybridized carbons (Fsp3) is 0.632. The molecule has 1 aliphatic carbocycles. The van der Waals surface area contributed by atoms with Crippen LogP contribution in [0.2, 0.25) is 0 Å². The number of benzene rings is 1. The molecule has 0 heterocycles. The number of ether oxygens (including phenoxy) is 1. The van der Waals surface area contributed by atoms with Gasteiger partial charge in [-0.25, -0.2) is 4.39 Å². The molecule has 1 atom stereocenters. The number of nitrogens with zero attached hydrogens (tertiary/aromatic N) is 1. The van der Waals surface area contributed by atoms with E-state index in [2.05, 4.69) is 11.3 Å². The van der Waals surface area contributed by atoms with Gasteiger partial charge in [-0.2, -0.15) is 0 Å². The van der Waals surface area contributed by atoms with Crippen LogP contribution in [0.3, 0.4) is 0 Å². The minimum Gasteiger partial charge on any atom is -0.591 e. The summed E-state index contributed by atoms with van der Waals surface area (Å²) >= 11 is -1.26. The lowest BCUT2D eigenvalue weighted by Gasteiger charge is -2.22. The maximum absolute atomic E-state index is 14.0. The Hall–Kier alpha value is -1.07. The summed E-state index contributed by atoms with van der Waals surface area (Å²) in [6, 6.07) is 4.80. The van der Waals surface area contributed by atoms with Crippen LogP contribution in [0.5, 0.6) is 5.75 Å². The Balaban J connectivity index is 2.24. The van der Waals surface area contributed by atoms with E-state index in [9.17, 15) is 8.94 Å². The van der Waals surface area contributed by atoms with E-state index in [1.54, 1.807) is 12.1 Å². The van der Waals surface area contributed by atoms with Gasteiger partial charge in [0, 0.05) is 11.0 Å². The van der Waals surface area contributed by atoms with Crippen LogP contribution in [-0.4, -0.2) is 22.6 Å². The van der Waals surface area contributed by atoms with Crippen molar-refractivity contribution < 1.29 is 13.7 Å². The monoisotopic (exact) mass is 353 g/mol. The smallest absolute Gasteiger partial charge is 0.165 e. The van der Waals surface area contributed by atoms with Crippen LogP contribution < -0.4 is 4.74 Å². The molecule has 1 aromatic rings. The predicted octanol–water partition coefficient (Wildman–Crippen LogP) is 4.91. The third kappa shape index (κ3) is 5.78. The molecule has 0 aliphatic heterocycles. The Bertz CT molecular complexity index is 579. The van der Waals surface area contributed by atoms with Crippen molar-refractivity contribution in [2.45, 2.75) is 53.4 Å². The van der Waals surface area contributed by atoms with E-state index in [1.807, 2.05) is 20.8 Å². The van der Waals surface area contributed by atoms with Gasteiger partial charge < -0.3 is 9.29 Å². The third-order valence-corrected chi connectivity index (χ3v) is 4.98. The molecule has 1 fully saturated rings. The lowest BCUT2D eigenvalue weighted by Crippen LogP contribution is -2.24. The molecule has 0 aromatic heterocycles. The minimum absolute atomic E-state index is 0.260. The number of rotatable bonds is 8. The molecule has 134 valence electrons. The summed E-state index contributed by atoms with van der Waals surface area (Å²) in [6.07, 6.45) is 4.19. The van der Waals surface area contributed by atoms with Gasteiger partial charge in [0.1, 0.15) is 11.5 Å². The summed E-state index contributed by atoms with van der Waals surface area (Å²) in [4.78, 5) is 0. The van der Waals surface area contributed by atoms with Gasteiger partial charge in [-0.3, -0.25) is 0 Å². The van der Waals surface area contributed by atoms with Crippen LogP contribution in [0.1, 0.15) is 58.9 Å². The fourth-order valence-corrected chi connectivity index (χ4v) is 3.50. The Morgan fingerprint density at radius 3 is 2.67 bits per heavy atom. The average Bonchev–Trinajstić information content (AvgIpc) is 3.33. The molecular weight excluding hydrogens is 325 g/mol. The quantitative estimate of drug-likeness (QED) is 0.492. The second-order valence-electron chi connectivity index (χ2n) is 7.47. The summed E-state index contributed by atoms with van der Waals surface area (Å²) in [7, 11) is 0. The summed E-state index contributed by atoms with van der Waals surface area (Å²) in [5.41, 5.74) is 1.22. The number of hydrogen-bond donors (Lipinski definition) is 0. The van der Waals surface area contributed by atoms with Crippen molar-refractivity contribution in [1.82, 2.24) is 0 Å². The van der Waals surface area contributed by atoms with Crippen molar-refractivity contribution in [3.63, 3.8) is 0 Å². The lowest BCUT2D eigenvalue weighted by atomic mass is 9.85. The highest BCUT2D eigenvalue weighted by molar-refractivity contribution is 7.90. The summed E-state index contributed by atoms with van der Waals surface area (Å²) in [5.74, 6) is 1.02. The van der Waals surface area contributed by atoms with Crippen molar-refractivity contribution in [3.05, 3.63) is 29.6 Å². The van der Waals surface area contributed by atoms with Crippen LogP contribution in [0.4, 0.5) is 4.39 Å². The minimum atomic E-state index is -1.26. The summed E-state index contributed by atoms with van der Waals surface area (Å²) in [5, 5.41) is 0. The number of hydrogen-bond acceptors (Lipinski definition) is 3. The van der Waals surface area contributed by atoms with Gasteiger partial charge in [0.05, 0.1) is 18.0 Å². The van der Waals surface area contributed by atoms with Crippen molar-refractivity contribution >= 4 is 17.1 Å². The van der Waals surface area contributed by atoms with Gasteiger partial charge in [0.25, 0.3) is 0 Å². The van der Waals surface area contributed by atoms with E-state index in [1.165, 1.54) is 6.07 Å². The first-order valence-corrected chi connectivity index (χ1v) is 9.99. The van der Waals surface area contributed by atoms with Crippen molar-refractivity contribution in [2.24, 2.45) is 15.7 Å². The Kier molecular flexibility index (Phi) is 6.70. The van der Waals surface area contributed by atoms with Crippen molar-refractivity contribution in [3.8, 4) is 5.75 Å². The average molecular weight is 354 g/mol. The molecule has 0 bridgehead atoms. The van der Waals surface area contributed by atoms with Crippen molar-refractivity contribution in [2.75, 3.05) is 12.4 Å². The van der Waals surface area contributed by atoms with E-state index >= 15 is 0 Å². The maximum Gasteiger partial charge on any atom is 0.165 e. The van der Waals surface area contributed by atoms with Crippen molar-refractivity contribution in [1.29, 1.82) is 0 Å². The van der Waals surface area contributed by atoms with Crippen LogP contribution >= 0.6 is 0 Å². The molecule has 0 N–H and O–H groups in total. The molecule has 0 saturated heterocycles. The number of halogens is 1. The topological polar surface area (TPSA) is 44.7 Å². The molecule has 24 heavy (non-hydrogen) atoms. The normalized spacial score (nSPS) is 17.0. The van der Waals surface area contributed by atoms with Gasteiger partial charge in [0.15, 0.2) is 11.6 Å². The Morgan fingerprint density at radius 1 is 1.38 bits per heavy atom. The van der Waals surface area contributed by atoms with Crippen LogP contribution in [0.25, 0.3) is 0 Å². The highest BCUT2D eigenvalue weighted by Gasteiger charge is 2.26. The first-order chi connectivity index (χ1) is 11.3. The van der Waals surface area contributed by atoms with E-state index in [-0.39, 0.29) is 17.0 Å². The molecule has 1 aromatic carbocycles. The number of unbranched alkanes of at least 4 members (excludes halogenated alkanes) is 1. The molecule has 1 aliphatic rings. The van der Waals surface area contributed by atoms with Gasteiger partial charge in [-0.05, 0) is 43.4 Å². The molecule has 0 radical (unpaired) electrons. The maximum atomic E-state index is 14.0. The first-order valence-electron chi connectivity index (χ1n) is 8.71. The molecule has 0 amide bonds. The Labute approximate surface area is 148 Å². The molecule has 5 heteroatoms. The van der Waals surface area contributed by atoms with Gasteiger partial charge in [0.2, 0.25) is 0 Å². The lowest BCUT2D eigenvalue weighted by molar-refractivity contribution is 0.285. The first kappa shape index (κ1) is 19.3. The zero-order chi connectivity index (χ0) is 17.7. The van der Waals surface area contributed by atoms with Crippen LogP contribution in [0.15, 0.2) is 22.6 Å². The van der Waals surface area contributed by atoms with Crippen LogP contribution in [-0.2, 0) is 11.4 Å². The van der Waals surface area contributed by atoms with Gasteiger partial charge >= 0.3 is 0 Å². The molecule has 2 rings (SSSR count). The molecule has 3 nitrogen and oxygen atoms in total. The molecular formula is C19H28FNO2S. The molecule has 0 unspecified atom stereocenters. The second kappa shape index (κ2) is 8.34. The zero-order valence-corrected chi connectivity index (χ0v) is 15.9. The third-order valence-electron chi connectivity index (χ3n) is 3.95. The standard InChI is InChI=1S/C19H28FNO2S/c1-5-6-11-24(22)21-18(19(2,3)4)15-9-10-16(20)17(12-15)23-13-14-7-8-14/h9-10,12,14H,5-8,11,13H2,1-4H3/b21-18-/t24-/m0/s1.